The lowest BCUT2D eigenvalue weighted by Gasteiger charge is -2.11. The summed E-state index contributed by atoms with van der Waals surface area (Å²) in [4.78, 5) is 13.7. The summed E-state index contributed by atoms with van der Waals surface area (Å²) in [7, 11) is 0. The smallest absolute Gasteiger partial charge is 0.256 e. The molecule has 3 aromatic carbocycles. The van der Waals surface area contributed by atoms with E-state index in [1.54, 1.807) is 23.9 Å². The summed E-state index contributed by atoms with van der Waals surface area (Å²) in [6.07, 6.45) is 0. The number of amides is 1. The summed E-state index contributed by atoms with van der Waals surface area (Å²) < 4.78 is 0. The van der Waals surface area contributed by atoms with Crippen molar-refractivity contribution in [2.45, 2.75) is 10.6 Å². The van der Waals surface area contributed by atoms with Gasteiger partial charge in [0, 0.05) is 26.3 Å². The van der Waals surface area contributed by atoms with Crippen molar-refractivity contribution >= 4 is 46.6 Å². The van der Waals surface area contributed by atoms with E-state index in [-0.39, 0.29) is 17.3 Å². The van der Waals surface area contributed by atoms with Crippen LogP contribution in [-0.2, 0) is 5.75 Å². The van der Waals surface area contributed by atoms with Crippen molar-refractivity contribution in [3.63, 3.8) is 0 Å². The number of phenolic OH excluding ortho intramolecular Hbond substituents is 1. The first kappa shape index (κ1) is 18.6. The molecular weight excluding hydrogens is 389 g/mol. The van der Waals surface area contributed by atoms with Crippen LogP contribution < -0.4 is 5.32 Å². The van der Waals surface area contributed by atoms with Crippen LogP contribution in [0.5, 0.6) is 5.75 Å². The summed E-state index contributed by atoms with van der Waals surface area (Å²) in [6, 6.07) is 19.5. The molecule has 3 aromatic rings. The highest BCUT2D eigenvalue weighted by Gasteiger charge is 2.13. The predicted molar refractivity (Wildman–Crippen MR) is 109 cm³/mol. The van der Waals surface area contributed by atoms with E-state index in [0.717, 1.165) is 10.5 Å². The third kappa shape index (κ3) is 4.73. The highest BCUT2D eigenvalue weighted by atomic mass is 35.5. The molecule has 0 aliphatic rings. The second kappa shape index (κ2) is 8.49. The molecular formula is C20H15Cl2NO2S. The molecule has 0 aliphatic carbocycles. The molecule has 0 unspecified atom stereocenters. The van der Waals surface area contributed by atoms with Crippen molar-refractivity contribution in [3.8, 4) is 5.75 Å². The number of thioether (sulfide) groups is 1. The van der Waals surface area contributed by atoms with Gasteiger partial charge in [-0.25, -0.2) is 0 Å². The average molecular weight is 404 g/mol. The van der Waals surface area contributed by atoms with Gasteiger partial charge in [-0.2, -0.15) is 0 Å². The molecule has 0 aliphatic heterocycles. The monoisotopic (exact) mass is 403 g/mol. The maximum atomic E-state index is 12.7. The highest BCUT2D eigenvalue weighted by molar-refractivity contribution is 7.98. The zero-order chi connectivity index (χ0) is 18.5. The lowest BCUT2D eigenvalue weighted by Crippen LogP contribution is -2.14. The molecule has 3 rings (SSSR count). The van der Waals surface area contributed by atoms with Gasteiger partial charge in [0.05, 0.1) is 5.69 Å². The minimum atomic E-state index is -0.296. The van der Waals surface area contributed by atoms with E-state index in [1.807, 2.05) is 42.5 Å². The van der Waals surface area contributed by atoms with Crippen LogP contribution in [-0.4, -0.2) is 11.0 Å². The Balaban J connectivity index is 1.76. The van der Waals surface area contributed by atoms with E-state index in [2.05, 4.69) is 5.32 Å². The van der Waals surface area contributed by atoms with Crippen LogP contribution in [0, 0.1) is 0 Å². The van der Waals surface area contributed by atoms with E-state index >= 15 is 0 Å². The van der Waals surface area contributed by atoms with Crippen LogP contribution >= 0.6 is 35.0 Å². The van der Waals surface area contributed by atoms with Crippen molar-refractivity contribution in [2.24, 2.45) is 0 Å². The molecule has 0 heterocycles. The first-order chi connectivity index (χ1) is 12.5. The minimum Gasteiger partial charge on any atom is -0.506 e. The number of hydrogen-bond donors (Lipinski definition) is 2. The van der Waals surface area contributed by atoms with Crippen LogP contribution in [0.25, 0.3) is 0 Å². The molecule has 0 fully saturated rings. The van der Waals surface area contributed by atoms with Crippen molar-refractivity contribution in [2.75, 3.05) is 5.32 Å². The summed E-state index contributed by atoms with van der Waals surface area (Å²) in [5.41, 5.74) is 1.72. The first-order valence-corrected chi connectivity index (χ1v) is 9.53. The fraction of sp³-hybridized carbons (Fsp3) is 0.0500. The summed E-state index contributed by atoms with van der Waals surface area (Å²) in [5.74, 6) is 0.304. The highest BCUT2D eigenvalue weighted by Crippen LogP contribution is 2.29. The zero-order valence-electron chi connectivity index (χ0n) is 13.6. The Bertz CT molecular complexity index is 929. The van der Waals surface area contributed by atoms with Crippen molar-refractivity contribution in [1.82, 2.24) is 0 Å². The number of carbonyl (C=O) groups excluding carboxylic acids is 1. The van der Waals surface area contributed by atoms with E-state index < -0.39 is 0 Å². The van der Waals surface area contributed by atoms with E-state index in [1.165, 1.54) is 12.1 Å². The molecule has 2 N–H and O–H groups in total. The standard InChI is InChI=1S/C20H15Cl2NO2S/c21-14-5-8-16(9-6-14)26-12-13-3-1-2-4-17(13)20(25)23-18-11-15(22)7-10-19(18)24/h1-11,24H,12H2,(H,23,25). The fourth-order valence-corrected chi connectivity index (χ4v) is 3.56. The zero-order valence-corrected chi connectivity index (χ0v) is 15.9. The van der Waals surface area contributed by atoms with Gasteiger partial charge >= 0.3 is 0 Å². The van der Waals surface area contributed by atoms with Crippen LogP contribution in [0.15, 0.2) is 71.6 Å². The number of anilines is 1. The van der Waals surface area contributed by atoms with Crippen LogP contribution in [0.1, 0.15) is 15.9 Å². The maximum absolute atomic E-state index is 12.7. The number of halogens is 2. The van der Waals surface area contributed by atoms with Crippen LogP contribution in [0.3, 0.4) is 0 Å². The predicted octanol–water partition coefficient (Wildman–Crippen LogP) is 6.24. The SMILES string of the molecule is O=C(Nc1cc(Cl)ccc1O)c1ccccc1CSc1ccc(Cl)cc1. The average Bonchev–Trinajstić information content (AvgIpc) is 2.64. The lowest BCUT2D eigenvalue weighted by atomic mass is 10.1. The third-order valence-electron chi connectivity index (χ3n) is 3.68. The number of aromatic hydroxyl groups is 1. The van der Waals surface area contributed by atoms with Gasteiger partial charge < -0.3 is 10.4 Å². The molecule has 0 aromatic heterocycles. The number of rotatable bonds is 5. The van der Waals surface area contributed by atoms with Gasteiger partial charge in [0.2, 0.25) is 0 Å². The first-order valence-electron chi connectivity index (χ1n) is 7.79. The summed E-state index contributed by atoms with van der Waals surface area (Å²) in [5, 5.41) is 13.7. The van der Waals surface area contributed by atoms with E-state index in [9.17, 15) is 9.90 Å². The number of nitrogens with one attached hydrogen (secondary N) is 1. The van der Waals surface area contributed by atoms with Crippen molar-refractivity contribution < 1.29 is 9.90 Å². The fourth-order valence-electron chi connectivity index (χ4n) is 2.36. The topological polar surface area (TPSA) is 49.3 Å². The van der Waals surface area contributed by atoms with Gasteiger partial charge in [-0.15, -0.1) is 11.8 Å². The lowest BCUT2D eigenvalue weighted by molar-refractivity contribution is 0.102. The molecule has 0 spiro atoms. The van der Waals surface area contributed by atoms with Gasteiger partial charge in [0.1, 0.15) is 5.75 Å². The van der Waals surface area contributed by atoms with Crippen LogP contribution in [0.2, 0.25) is 10.0 Å². The molecule has 1 amide bonds. The normalized spacial score (nSPS) is 10.5. The number of carbonyl (C=O) groups is 1. The quantitative estimate of drug-likeness (QED) is 0.391. The molecule has 26 heavy (non-hydrogen) atoms. The Kier molecular flexibility index (Phi) is 6.09. The van der Waals surface area contributed by atoms with Gasteiger partial charge in [0.15, 0.2) is 0 Å². The minimum absolute atomic E-state index is 0.0317. The van der Waals surface area contributed by atoms with Crippen LogP contribution in [0.4, 0.5) is 5.69 Å². The van der Waals surface area contributed by atoms with Gasteiger partial charge in [-0.05, 0) is 54.1 Å². The Morgan fingerprint density at radius 2 is 1.65 bits per heavy atom. The second-order valence-corrected chi connectivity index (χ2v) is 7.44. The van der Waals surface area contributed by atoms with Gasteiger partial charge in [-0.1, -0.05) is 41.4 Å². The van der Waals surface area contributed by atoms with Gasteiger partial charge in [0.25, 0.3) is 5.91 Å². The largest absolute Gasteiger partial charge is 0.506 e. The second-order valence-electron chi connectivity index (χ2n) is 5.52. The molecule has 3 nitrogen and oxygen atoms in total. The number of phenols is 1. The van der Waals surface area contributed by atoms with E-state index in [0.29, 0.717) is 21.4 Å². The molecule has 132 valence electrons. The van der Waals surface area contributed by atoms with E-state index in [4.69, 9.17) is 23.2 Å². The maximum Gasteiger partial charge on any atom is 0.256 e. The van der Waals surface area contributed by atoms with Crippen molar-refractivity contribution in [1.29, 1.82) is 0 Å². The Labute approximate surface area is 166 Å². The molecule has 0 atom stereocenters. The molecule has 0 bridgehead atoms. The summed E-state index contributed by atoms with van der Waals surface area (Å²) >= 11 is 13.5. The Morgan fingerprint density at radius 3 is 2.42 bits per heavy atom. The Hall–Kier alpha value is -2.14. The molecule has 6 heteroatoms. The number of hydrogen-bond acceptors (Lipinski definition) is 3. The molecule has 0 saturated carbocycles. The molecule has 0 saturated heterocycles. The Morgan fingerprint density at radius 1 is 0.962 bits per heavy atom. The third-order valence-corrected chi connectivity index (χ3v) is 5.22. The van der Waals surface area contributed by atoms with Gasteiger partial charge in [-0.3, -0.25) is 4.79 Å². The number of benzene rings is 3. The molecule has 0 radical (unpaired) electrons. The van der Waals surface area contributed by atoms with Crippen molar-refractivity contribution in [3.05, 3.63) is 87.9 Å². The summed E-state index contributed by atoms with van der Waals surface area (Å²) in [6.45, 7) is 0.